The van der Waals surface area contributed by atoms with Crippen LogP contribution >= 0.6 is 35.4 Å². The standard InChI is InChI=1S/C22H19Cl2N3O3S/c1-29-18-6-4-16(5-7-18)25-21(28)13-3-8-20(30-2)19(9-13)27-22(31)26-17-11-14(23)10-15(24)12-17/h3-12H,1-2H3,(H,25,28)(H2,26,27,31). The molecule has 0 saturated carbocycles. The first-order valence-corrected chi connectivity index (χ1v) is 10.2. The van der Waals surface area contributed by atoms with Crippen molar-refractivity contribution >= 4 is 63.5 Å². The average Bonchev–Trinajstić information content (AvgIpc) is 2.73. The predicted molar refractivity (Wildman–Crippen MR) is 130 cm³/mol. The van der Waals surface area contributed by atoms with Crippen molar-refractivity contribution in [2.75, 3.05) is 30.2 Å². The van der Waals surface area contributed by atoms with Crippen LogP contribution in [0.25, 0.3) is 0 Å². The van der Waals surface area contributed by atoms with E-state index in [1.807, 2.05) is 0 Å². The first-order chi connectivity index (χ1) is 14.9. The lowest BCUT2D eigenvalue weighted by Crippen LogP contribution is -2.20. The van der Waals surface area contributed by atoms with Crippen LogP contribution in [0.1, 0.15) is 10.4 Å². The Labute approximate surface area is 195 Å². The summed E-state index contributed by atoms with van der Waals surface area (Å²) in [6.45, 7) is 0. The first kappa shape index (κ1) is 22.7. The fourth-order valence-corrected chi connectivity index (χ4v) is 3.49. The normalized spacial score (nSPS) is 10.2. The zero-order valence-corrected chi connectivity index (χ0v) is 19.0. The van der Waals surface area contributed by atoms with Gasteiger partial charge in [0.05, 0.1) is 19.9 Å². The number of benzene rings is 3. The number of carbonyl (C=O) groups is 1. The van der Waals surface area contributed by atoms with Crippen LogP contribution in [0.4, 0.5) is 17.1 Å². The van der Waals surface area contributed by atoms with Crippen molar-refractivity contribution in [3.8, 4) is 11.5 Å². The van der Waals surface area contributed by atoms with Gasteiger partial charge in [-0.25, -0.2) is 0 Å². The number of methoxy groups -OCH3 is 2. The molecular weight excluding hydrogens is 457 g/mol. The van der Waals surface area contributed by atoms with Crippen LogP contribution < -0.4 is 25.4 Å². The van der Waals surface area contributed by atoms with Gasteiger partial charge in [0.1, 0.15) is 11.5 Å². The van der Waals surface area contributed by atoms with Crippen molar-refractivity contribution in [2.24, 2.45) is 0 Å². The Morgan fingerprint density at radius 1 is 0.806 bits per heavy atom. The van der Waals surface area contributed by atoms with Crippen molar-refractivity contribution in [1.82, 2.24) is 0 Å². The third-order valence-electron chi connectivity index (χ3n) is 4.18. The van der Waals surface area contributed by atoms with Gasteiger partial charge in [-0.2, -0.15) is 0 Å². The van der Waals surface area contributed by atoms with Crippen LogP contribution in [-0.2, 0) is 0 Å². The highest BCUT2D eigenvalue weighted by Gasteiger charge is 2.12. The summed E-state index contributed by atoms with van der Waals surface area (Å²) < 4.78 is 10.5. The molecule has 0 fully saturated rings. The van der Waals surface area contributed by atoms with Crippen molar-refractivity contribution < 1.29 is 14.3 Å². The molecule has 0 radical (unpaired) electrons. The first-order valence-electron chi connectivity index (χ1n) is 9.05. The minimum Gasteiger partial charge on any atom is -0.497 e. The number of hydrogen-bond donors (Lipinski definition) is 3. The number of hydrogen-bond acceptors (Lipinski definition) is 4. The van der Waals surface area contributed by atoms with Crippen molar-refractivity contribution in [2.45, 2.75) is 0 Å². The second-order valence-electron chi connectivity index (χ2n) is 6.33. The molecule has 6 nitrogen and oxygen atoms in total. The topological polar surface area (TPSA) is 71.6 Å². The molecule has 0 aliphatic rings. The Morgan fingerprint density at radius 3 is 2.10 bits per heavy atom. The molecule has 160 valence electrons. The highest BCUT2D eigenvalue weighted by atomic mass is 35.5. The number of thiocarbonyl (C=S) groups is 1. The molecule has 31 heavy (non-hydrogen) atoms. The smallest absolute Gasteiger partial charge is 0.255 e. The Balaban J connectivity index is 1.74. The number of rotatable bonds is 6. The zero-order chi connectivity index (χ0) is 22.4. The van der Waals surface area contributed by atoms with Crippen LogP contribution in [0, 0.1) is 0 Å². The van der Waals surface area contributed by atoms with Gasteiger partial charge in [0.2, 0.25) is 0 Å². The second-order valence-corrected chi connectivity index (χ2v) is 7.62. The van der Waals surface area contributed by atoms with Gasteiger partial charge in [-0.15, -0.1) is 0 Å². The number of anilines is 3. The van der Waals surface area contributed by atoms with Crippen LogP contribution in [0.15, 0.2) is 60.7 Å². The molecule has 3 aromatic carbocycles. The largest absolute Gasteiger partial charge is 0.497 e. The van der Waals surface area contributed by atoms with Gasteiger partial charge in [-0.1, -0.05) is 23.2 Å². The summed E-state index contributed by atoms with van der Waals surface area (Å²) in [4.78, 5) is 12.7. The average molecular weight is 476 g/mol. The lowest BCUT2D eigenvalue weighted by Gasteiger charge is -2.15. The molecule has 0 bridgehead atoms. The number of nitrogens with one attached hydrogen (secondary N) is 3. The molecule has 0 aliphatic heterocycles. The molecule has 0 aliphatic carbocycles. The summed E-state index contributed by atoms with van der Waals surface area (Å²) in [6.07, 6.45) is 0. The SMILES string of the molecule is COc1ccc(NC(=O)c2ccc(OC)c(NC(=S)Nc3cc(Cl)cc(Cl)c3)c2)cc1. The van der Waals surface area contributed by atoms with E-state index in [9.17, 15) is 4.79 Å². The van der Waals surface area contributed by atoms with E-state index in [1.165, 1.54) is 7.11 Å². The maximum Gasteiger partial charge on any atom is 0.255 e. The fraction of sp³-hybridized carbons (Fsp3) is 0.0909. The maximum atomic E-state index is 12.7. The van der Waals surface area contributed by atoms with Gasteiger partial charge in [0, 0.05) is 27.0 Å². The summed E-state index contributed by atoms with van der Waals surface area (Å²) in [7, 11) is 3.12. The van der Waals surface area contributed by atoms with Gasteiger partial charge < -0.3 is 25.4 Å². The van der Waals surface area contributed by atoms with Crippen LogP contribution in [0.5, 0.6) is 11.5 Å². The van der Waals surface area contributed by atoms with E-state index < -0.39 is 0 Å². The number of halogens is 2. The Bertz CT molecular complexity index is 1090. The van der Waals surface area contributed by atoms with Crippen LogP contribution in [-0.4, -0.2) is 25.2 Å². The number of amides is 1. The van der Waals surface area contributed by atoms with E-state index in [-0.39, 0.29) is 11.0 Å². The van der Waals surface area contributed by atoms with E-state index in [1.54, 1.807) is 67.8 Å². The zero-order valence-electron chi connectivity index (χ0n) is 16.7. The quantitative estimate of drug-likeness (QED) is 0.375. The molecule has 0 unspecified atom stereocenters. The molecule has 1 amide bonds. The summed E-state index contributed by atoms with van der Waals surface area (Å²) in [5, 5.41) is 10.1. The molecule has 0 spiro atoms. The molecule has 0 atom stereocenters. The van der Waals surface area contributed by atoms with E-state index in [0.717, 1.165) is 0 Å². The minimum atomic E-state index is -0.281. The third-order valence-corrected chi connectivity index (χ3v) is 4.82. The molecule has 0 aromatic heterocycles. The van der Waals surface area contributed by atoms with Crippen LogP contribution in [0.2, 0.25) is 10.0 Å². The van der Waals surface area contributed by atoms with Gasteiger partial charge >= 0.3 is 0 Å². The van der Waals surface area contributed by atoms with Gasteiger partial charge in [0.15, 0.2) is 5.11 Å². The lowest BCUT2D eigenvalue weighted by atomic mass is 10.1. The summed E-state index contributed by atoms with van der Waals surface area (Å²) in [5.41, 5.74) is 2.22. The number of ether oxygens (including phenoxy) is 2. The Morgan fingerprint density at radius 2 is 1.48 bits per heavy atom. The van der Waals surface area contributed by atoms with Crippen molar-refractivity contribution in [3.63, 3.8) is 0 Å². The van der Waals surface area contributed by atoms with Crippen molar-refractivity contribution in [3.05, 3.63) is 76.3 Å². The van der Waals surface area contributed by atoms with Gasteiger partial charge in [-0.05, 0) is 72.9 Å². The molecule has 0 saturated heterocycles. The monoisotopic (exact) mass is 475 g/mol. The van der Waals surface area contributed by atoms with E-state index in [0.29, 0.717) is 44.2 Å². The fourth-order valence-electron chi connectivity index (χ4n) is 2.74. The summed E-state index contributed by atoms with van der Waals surface area (Å²) in [6, 6.07) is 17.1. The highest BCUT2D eigenvalue weighted by Crippen LogP contribution is 2.27. The van der Waals surface area contributed by atoms with E-state index >= 15 is 0 Å². The number of carbonyl (C=O) groups excluding carboxylic acids is 1. The van der Waals surface area contributed by atoms with Crippen LogP contribution in [0.3, 0.4) is 0 Å². The summed E-state index contributed by atoms with van der Waals surface area (Å²) in [5.74, 6) is 0.946. The molecule has 3 aromatic rings. The third kappa shape index (κ3) is 6.24. The molecule has 3 rings (SSSR count). The molecule has 9 heteroatoms. The predicted octanol–water partition coefficient (Wildman–Crippen LogP) is 6.07. The molecule has 0 heterocycles. The van der Waals surface area contributed by atoms with Gasteiger partial charge in [-0.3, -0.25) is 4.79 Å². The van der Waals surface area contributed by atoms with E-state index in [2.05, 4.69) is 16.0 Å². The molecule has 3 N–H and O–H groups in total. The van der Waals surface area contributed by atoms with Crippen molar-refractivity contribution in [1.29, 1.82) is 0 Å². The Kier molecular flexibility index (Phi) is 7.57. The second kappa shape index (κ2) is 10.3. The Hall–Kier alpha value is -3.00. The van der Waals surface area contributed by atoms with E-state index in [4.69, 9.17) is 44.9 Å². The maximum absolute atomic E-state index is 12.7. The highest BCUT2D eigenvalue weighted by molar-refractivity contribution is 7.80. The lowest BCUT2D eigenvalue weighted by molar-refractivity contribution is 0.102. The molecular formula is C22H19Cl2N3O3S. The summed E-state index contributed by atoms with van der Waals surface area (Å²) >= 11 is 17.4. The minimum absolute atomic E-state index is 0.281. The van der Waals surface area contributed by atoms with Gasteiger partial charge in [0.25, 0.3) is 5.91 Å².